The third kappa shape index (κ3) is 5.52. The van der Waals surface area contributed by atoms with Crippen LogP contribution in [0, 0.1) is 6.92 Å². The molecule has 3 nitrogen and oxygen atoms in total. The van der Waals surface area contributed by atoms with E-state index in [1.54, 1.807) is 0 Å². The number of aryl methyl sites for hydroxylation is 1. The zero-order valence-electron chi connectivity index (χ0n) is 11.9. The van der Waals surface area contributed by atoms with Crippen LogP contribution < -0.4 is 10.1 Å². The summed E-state index contributed by atoms with van der Waals surface area (Å²) in [6, 6.07) is 8.24. The first-order valence-electron chi connectivity index (χ1n) is 6.58. The van der Waals surface area contributed by atoms with E-state index in [0.29, 0.717) is 13.2 Å². The van der Waals surface area contributed by atoms with Crippen LogP contribution in [0.25, 0.3) is 0 Å². The lowest BCUT2D eigenvalue weighted by atomic mass is 10.0. The molecule has 0 saturated carbocycles. The van der Waals surface area contributed by atoms with Crippen LogP contribution in [0.4, 0.5) is 0 Å². The van der Waals surface area contributed by atoms with E-state index in [1.165, 1.54) is 5.56 Å². The average Bonchev–Trinajstić information content (AvgIpc) is 2.36. The van der Waals surface area contributed by atoms with Crippen LogP contribution in [0.15, 0.2) is 24.3 Å². The Morgan fingerprint density at radius 2 is 1.94 bits per heavy atom. The topological polar surface area (TPSA) is 41.5 Å². The first-order valence-corrected chi connectivity index (χ1v) is 6.58. The summed E-state index contributed by atoms with van der Waals surface area (Å²) >= 11 is 0. The highest BCUT2D eigenvalue weighted by molar-refractivity contribution is 5.26. The molecule has 2 atom stereocenters. The van der Waals surface area contributed by atoms with Gasteiger partial charge in [-0.3, -0.25) is 0 Å². The molecule has 2 unspecified atom stereocenters. The summed E-state index contributed by atoms with van der Waals surface area (Å²) in [5.74, 6) is 0.886. The Bertz CT molecular complexity index is 346. The lowest BCUT2D eigenvalue weighted by molar-refractivity contribution is 0.0515. The number of hydrogen-bond acceptors (Lipinski definition) is 3. The molecule has 3 heteroatoms. The highest BCUT2D eigenvalue weighted by atomic mass is 16.5. The van der Waals surface area contributed by atoms with Crippen molar-refractivity contribution in [3.8, 4) is 5.75 Å². The molecule has 18 heavy (non-hydrogen) atoms. The molecule has 1 aromatic rings. The van der Waals surface area contributed by atoms with Gasteiger partial charge in [-0.1, -0.05) is 24.6 Å². The summed E-state index contributed by atoms with van der Waals surface area (Å²) in [7, 11) is 0. The maximum absolute atomic E-state index is 9.88. The Balaban J connectivity index is 2.29. The number of aliphatic hydroxyl groups is 1. The minimum atomic E-state index is -0.641. The van der Waals surface area contributed by atoms with Gasteiger partial charge in [0.15, 0.2) is 0 Å². The SMILES string of the molecule is CCC(C)(O)CNC(C)COc1ccc(C)cc1. The standard InChI is InChI=1S/C15H25NO2/c1-5-15(4,17)11-16-13(3)10-18-14-8-6-12(2)7-9-14/h6-9,13,16-17H,5,10-11H2,1-4H3. The van der Waals surface area contributed by atoms with Gasteiger partial charge < -0.3 is 15.2 Å². The molecule has 102 valence electrons. The second kappa shape index (κ2) is 6.76. The first-order chi connectivity index (χ1) is 8.43. The Kier molecular flexibility index (Phi) is 5.63. The molecule has 1 aromatic carbocycles. The lowest BCUT2D eigenvalue weighted by Crippen LogP contribution is -2.43. The van der Waals surface area contributed by atoms with Crippen LogP contribution in [0.3, 0.4) is 0 Å². The molecular formula is C15H25NO2. The second-order valence-corrected chi connectivity index (χ2v) is 5.26. The maximum Gasteiger partial charge on any atom is 0.119 e. The van der Waals surface area contributed by atoms with Gasteiger partial charge in [-0.2, -0.15) is 0 Å². The molecule has 0 aliphatic rings. The molecule has 0 amide bonds. The van der Waals surface area contributed by atoms with Crippen molar-refractivity contribution in [3.05, 3.63) is 29.8 Å². The molecule has 0 radical (unpaired) electrons. The van der Waals surface area contributed by atoms with Gasteiger partial charge in [0.05, 0.1) is 5.60 Å². The number of benzene rings is 1. The Morgan fingerprint density at radius 1 is 1.33 bits per heavy atom. The Hall–Kier alpha value is -1.06. The van der Waals surface area contributed by atoms with E-state index in [0.717, 1.165) is 12.2 Å². The van der Waals surface area contributed by atoms with Gasteiger partial charge in [0.25, 0.3) is 0 Å². The highest BCUT2D eigenvalue weighted by Gasteiger charge is 2.18. The zero-order chi connectivity index (χ0) is 13.6. The molecule has 0 saturated heterocycles. The van der Waals surface area contributed by atoms with Crippen molar-refractivity contribution in [2.24, 2.45) is 0 Å². The normalized spacial score (nSPS) is 16.1. The number of rotatable bonds is 7. The summed E-state index contributed by atoms with van der Waals surface area (Å²) in [4.78, 5) is 0. The molecule has 1 rings (SSSR count). The van der Waals surface area contributed by atoms with Crippen LogP contribution in [-0.4, -0.2) is 29.9 Å². The summed E-state index contributed by atoms with van der Waals surface area (Å²) in [5, 5.41) is 13.2. The zero-order valence-corrected chi connectivity index (χ0v) is 11.9. The van der Waals surface area contributed by atoms with Crippen molar-refractivity contribution in [1.82, 2.24) is 5.32 Å². The highest BCUT2D eigenvalue weighted by Crippen LogP contribution is 2.12. The molecule has 0 bridgehead atoms. The van der Waals surface area contributed by atoms with Gasteiger partial charge >= 0.3 is 0 Å². The Morgan fingerprint density at radius 3 is 2.50 bits per heavy atom. The monoisotopic (exact) mass is 251 g/mol. The van der Waals surface area contributed by atoms with Crippen LogP contribution in [-0.2, 0) is 0 Å². The van der Waals surface area contributed by atoms with E-state index in [2.05, 4.69) is 19.2 Å². The molecule has 2 N–H and O–H groups in total. The summed E-state index contributed by atoms with van der Waals surface area (Å²) < 4.78 is 5.68. The first kappa shape index (κ1) is 15.0. The van der Waals surface area contributed by atoms with Crippen molar-refractivity contribution in [3.63, 3.8) is 0 Å². The number of hydrogen-bond donors (Lipinski definition) is 2. The van der Waals surface area contributed by atoms with Gasteiger partial charge in [0, 0.05) is 12.6 Å². The van der Waals surface area contributed by atoms with E-state index in [1.807, 2.05) is 38.1 Å². The van der Waals surface area contributed by atoms with Gasteiger partial charge in [0.1, 0.15) is 12.4 Å². The van der Waals surface area contributed by atoms with Gasteiger partial charge in [0.2, 0.25) is 0 Å². The smallest absolute Gasteiger partial charge is 0.119 e. The summed E-state index contributed by atoms with van der Waals surface area (Å²) in [6.07, 6.45) is 0.742. The summed E-state index contributed by atoms with van der Waals surface area (Å²) in [5.41, 5.74) is 0.588. The van der Waals surface area contributed by atoms with Gasteiger partial charge in [-0.15, -0.1) is 0 Å². The third-order valence-electron chi connectivity index (χ3n) is 3.11. The number of nitrogens with one attached hydrogen (secondary N) is 1. The minimum absolute atomic E-state index is 0.212. The van der Waals surface area contributed by atoms with Crippen molar-refractivity contribution in [2.75, 3.05) is 13.2 Å². The quantitative estimate of drug-likeness (QED) is 0.782. The maximum atomic E-state index is 9.88. The van der Waals surface area contributed by atoms with Crippen molar-refractivity contribution < 1.29 is 9.84 Å². The van der Waals surface area contributed by atoms with E-state index >= 15 is 0 Å². The lowest BCUT2D eigenvalue weighted by Gasteiger charge is -2.24. The molecule has 0 heterocycles. The van der Waals surface area contributed by atoms with Crippen LogP contribution in [0.2, 0.25) is 0 Å². The fraction of sp³-hybridized carbons (Fsp3) is 0.600. The molecule has 0 spiro atoms. The fourth-order valence-electron chi connectivity index (χ4n) is 1.43. The molecule has 0 aliphatic carbocycles. The van der Waals surface area contributed by atoms with E-state index < -0.39 is 5.60 Å². The molecular weight excluding hydrogens is 226 g/mol. The average molecular weight is 251 g/mol. The minimum Gasteiger partial charge on any atom is -0.492 e. The number of ether oxygens (including phenoxy) is 1. The summed E-state index contributed by atoms with van der Waals surface area (Å²) in [6.45, 7) is 9.12. The Labute approximate surface area is 110 Å². The van der Waals surface area contributed by atoms with Crippen LogP contribution in [0.1, 0.15) is 32.8 Å². The third-order valence-corrected chi connectivity index (χ3v) is 3.11. The van der Waals surface area contributed by atoms with Gasteiger partial charge in [-0.25, -0.2) is 0 Å². The predicted molar refractivity (Wildman–Crippen MR) is 75.1 cm³/mol. The van der Waals surface area contributed by atoms with Crippen molar-refractivity contribution in [1.29, 1.82) is 0 Å². The van der Waals surface area contributed by atoms with Crippen molar-refractivity contribution >= 4 is 0 Å². The fourth-order valence-corrected chi connectivity index (χ4v) is 1.43. The second-order valence-electron chi connectivity index (χ2n) is 5.26. The van der Waals surface area contributed by atoms with Crippen molar-refractivity contribution in [2.45, 2.75) is 45.8 Å². The van der Waals surface area contributed by atoms with Crippen LogP contribution in [0.5, 0.6) is 5.75 Å². The largest absolute Gasteiger partial charge is 0.492 e. The van der Waals surface area contributed by atoms with E-state index in [-0.39, 0.29) is 6.04 Å². The van der Waals surface area contributed by atoms with E-state index in [9.17, 15) is 5.11 Å². The van der Waals surface area contributed by atoms with E-state index in [4.69, 9.17) is 4.74 Å². The molecule has 0 fully saturated rings. The predicted octanol–water partition coefficient (Wildman–Crippen LogP) is 2.51. The molecule has 0 aromatic heterocycles. The van der Waals surface area contributed by atoms with Crippen LogP contribution >= 0.6 is 0 Å². The molecule has 0 aliphatic heterocycles. The van der Waals surface area contributed by atoms with Gasteiger partial charge in [-0.05, 0) is 39.3 Å².